The molecule has 3 amide bonds. The van der Waals surface area contributed by atoms with Gasteiger partial charge in [0, 0.05) is 36.9 Å². The van der Waals surface area contributed by atoms with Crippen molar-refractivity contribution < 1.29 is 14.3 Å². The lowest BCUT2D eigenvalue weighted by Crippen LogP contribution is -2.48. The van der Waals surface area contributed by atoms with Gasteiger partial charge in [0.15, 0.2) is 0 Å². The summed E-state index contributed by atoms with van der Waals surface area (Å²) >= 11 is 0. The SMILES string of the molecule is O=C(NCc1ccncc1)Nc1cccc(NC(=O)C2COCCN2)c1. The molecule has 0 radical (unpaired) electrons. The molecule has 26 heavy (non-hydrogen) atoms. The van der Waals surface area contributed by atoms with Crippen LogP contribution in [0.1, 0.15) is 5.56 Å². The van der Waals surface area contributed by atoms with Crippen molar-refractivity contribution >= 4 is 23.3 Å². The Morgan fingerprint density at radius 2 is 1.92 bits per heavy atom. The Hall–Kier alpha value is -2.97. The summed E-state index contributed by atoms with van der Waals surface area (Å²) in [6.45, 7) is 2.01. The third-order valence-corrected chi connectivity index (χ3v) is 3.83. The molecule has 1 aliphatic heterocycles. The second-order valence-electron chi connectivity index (χ2n) is 5.81. The maximum Gasteiger partial charge on any atom is 0.319 e. The predicted octanol–water partition coefficient (Wildman–Crippen LogP) is 1.33. The molecule has 0 spiro atoms. The fourth-order valence-corrected chi connectivity index (χ4v) is 2.50. The molecule has 0 saturated carbocycles. The smallest absolute Gasteiger partial charge is 0.319 e. The highest BCUT2D eigenvalue weighted by Crippen LogP contribution is 2.15. The number of carbonyl (C=O) groups is 2. The summed E-state index contributed by atoms with van der Waals surface area (Å²) in [6.07, 6.45) is 3.35. The quantitative estimate of drug-likeness (QED) is 0.648. The molecule has 1 saturated heterocycles. The van der Waals surface area contributed by atoms with Crippen molar-refractivity contribution in [3.05, 3.63) is 54.4 Å². The van der Waals surface area contributed by atoms with Gasteiger partial charge in [-0.25, -0.2) is 4.79 Å². The van der Waals surface area contributed by atoms with Crippen molar-refractivity contribution in [2.24, 2.45) is 0 Å². The van der Waals surface area contributed by atoms with Gasteiger partial charge >= 0.3 is 6.03 Å². The molecule has 0 aliphatic carbocycles. The number of ether oxygens (including phenoxy) is 1. The van der Waals surface area contributed by atoms with Crippen molar-refractivity contribution in [3.8, 4) is 0 Å². The van der Waals surface area contributed by atoms with Crippen LogP contribution in [0.2, 0.25) is 0 Å². The molecule has 2 aromatic rings. The highest BCUT2D eigenvalue weighted by molar-refractivity contribution is 5.96. The van der Waals surface area contributed by atoms with Crippen LogP contribution in [0.3, 0.4) is 0 Å². The number of nitrogens with one attached hydrogen (secondary N) is 4. The van der Waals surface area contributed by atoms with E-state index >= 15 is 0 Å². The van der Waals surface area contributed by atoms with Gasteiger partial charge in [-0.3, -0.25) is 9.78 Å². The van der Waals surface area contributed by atoms with Crippen molar-refractivity contribution in [1.29, 1.82) is 0 Å². The molecule has 1 fully saturated rings. The number of hydrogen-bond acceptors (Lipinski definition) is 5. The Bertz CT molecular complexity index is 748. The van der Waals surface area contributed by atoms with Crippen LogP contribution in [0.5, 0.6) is 0 Å². The molecule has 4 N–H and O–H groups in total. The van der Waals surface area contributed by atoms with Crippen LogP contribution in [0.15, 0.2) is 48.8 Å². The number of urea groups is 1. The van der Waals surface area contributed by atoms with Crippen molar-refractivity contribution in [1.82, 2.24) is 15.6 Å². The third kappa shape index (κ3) is 5.27. The number of benzene rings is 1. The van der Waals surface area contributed by atoms with Gasteiger partial charge in [-0.05, 0) is 35.9 Å². The van der Waals surface area contributed by atoms with Crippen molar-refractivity contribution in [2.45, 2.75) is 12.6 Å². The van der Waals surface area contributed by atoms with Crippen LogP contribution in [0.25, 0.3) is 0 Å². The second-order valence-corrected chi connectivity index (χ2v) is 5.81. The number of pyridine rings is 1. The minimum absolute atomic E-state index is 0.163. The second kappa shape index (κ2) is 8.93. The first-order valence-corrected chi connectivity index (χ1v) is 8.36. The molecule has 1 unspecified atom stereocenters. The zero-order valence-electron chi connectivity index (χ0n) is 14.2. The highest BCUT2D eigenvalue weighted by atomic mass is 16.5. The zero-order chi connectivity index (χ0) is 18.2. The van der Waals surface area contributed by atoms with E-state index in [1.807, 2.05) is 12.1 Å². The lowest BCUT2D eigenvalue weighted by Gasteiger charge is -2.23. The first-order valence-electron chi connectivity index (χ1n) is 8.36. The maximum absolute atomic E-state index is 12.2. The molecule has 3 rings (SSSR count). The molecule has 8 nitrogen and oxygen atoms in total. The molecule has 136 valence electrons. The van der Waals surface area contributed by atoms with E-state index in [4.69, 9.17) is 4.74 Å². The largest absolute Gasteiger partial charge is 0.378 e. The molecule has 1 aromatic carbocycles. The lowest BCUT2D eigenvalue weighted by molar-refractivity contribution is -0.120. The van der Waals surface area contributed by atoms with Crippen LogP contribution in [-0.4, -0.2) is 42.7 Å². The van der Waals surface area contributed by atoms with Gasteiger partial charge in [-0.2, -0.15) is 0 Å². The fraction of sp³-hybridized carbons (Fsp3) is 0.278. The number of amides is 3. The zero-order valence-corrected chi connectivity index (χ0v) is 14.2. The first kappa shape index (κ1) is 17.8. The Morgan fingerprint density at radius 3 is 2.65 bits per heavy atom. The topological polar surface area (TPSA) is 104 Å². The minimum atomic E-state index is -0.371. The molecule has 1 atom stereocenters. The standard InChI is InChI=1S/C18H21N5O3/c24-17(16-12-26-9-8-20-16)22-14-2-1-3-15(10-14)23-18(25)21-11-13-4-6-19-7-5-13/h1-7,10,16,20H,8-9,11-12H2,(H,22,24)(H2,21,23,25). The monoisotopic (exact) mass is 355 g/mol. The number of aromatic nitrogens is 1. The van der Waals surface area contributed by atoms with Gasteiger partial charge in [0.05, 0.1) is 13.2 Å². The molecule has 1 aromatic heterocycles. The number of nitrogens with zero attached hydrogens (tertiary/aromatic N) is 1. The van der Waals surface area contributed by atoms with Crippen LogP contribution >= 0.6 is 0 Å². The first-order chi connectivity index (χ1) is 12.7. The normalized spacial score (nSPS) is 16.5. The fourth-order valence-electron chi connectivity index (χ4n) is 2.50. The number of morpholine rings is 1. The van der Waals surface area contributed by atoms with Gasteiger partial charge in [0.1, 0.15) is 6.04 Å². The number of carbonyl (C=O) groups excluding carboxylic acids is 2. The molecule has 8 heteroatoms. The Morgan fingerprint density at radius 1 is 1.15 bits per heavy atom. The van der Waals surface area contributed by atoms with Gasteiger partial charge in [0.25, 0.3) is 0 Å². The summed E-state index contributed by atoms with van der Waals surface area (Å²) in [6, 6.07) is 9.95. The average Bonchev–Trinajstić information content (AvgIpc) is 2.68. The van der Waals surface area contributed by atoms with Crippen molar-refractivity contribution in [3.63, 3.8) is 0 Å². The molecular formula is C18H21N5O3. The van der Waals surface area contributed by atoms with Crippen LogP contribution in [0.4, 0.5) is 16.2 Å². The van der Waals surface area contributed by atoms with E-state index in [0.717, 1.165) is 5.56 Å². The molecule has 0 bridgehead atoms. The van der Waals surface area contributed by atoms with Crippen LogP contribution in [0, 0.1) is 0 Å². The van der Waals surface area contributed by atoms with Gasteiger partial charge in [0.2, 0.25) is 5.91 Å². The summed E-state index contributed by atoms with van der Waals surface area (Å²) < 4.78 is 5.29. The molecular weight excluding hydrogens is 334 g/mol. The van der Waals surface area contributed by atoms with E-state index in [2.05, 4.69) is 26.3 Å². The lowest BCUT2D eigenvalue weighted by atomic mass is 10.2. The summed E-state index contributed by atoms with van der Waals surface area (Å²) in [5.74, 6) is -0.163. The Balaban J connectivity index is 1.51. The van der Waals surface area contributed by atoms with E-state index in [1.54, 1.807) is 36.7 Å². The van der Waals surface area contributed by atoms with E-state index < -0.39 is 0 Å². The van der Waals surface area contributed by atoms with Crippen molar-refractivity contribution in [2.75, 3.05) is 30.4 Å². The predicted molar refractivity (Wildman–Crippen MR) is 97.8 cm³/mol. The Labute approximate surface area is 151 Å². The van der Waals surface area contributed by atoms with Gasteiger partial charge in [-0.15, -0.1) is 0 Å². The minimum Gasteiger partial charge on any atom is -0.378 e. The van der Waals surface area contributed by atoms with E-state index in [1.165, 1.54) is 0 Å². The highest BCUT2D eigenvalue weighted by Gasteiger charge is 2.21. The number of anilines is 2. The summed E-state index contributed by atoms with van der Waals surface area (Å²) in [7, 11) is 0. The van der Waals surface area contributed by atoms with Gasteiger partial charge in [-0.1, -0.05) is 6.07 Å². The average molecular weight is 355 g/mol. The summed E-state index contributed by atoms with van der Waals surface area (Å²) in [5.41, 5.74) is 2.15. The van der Waals surface area contributed by atoms with Gasteiger partial charge < -0.3 is 26.0 Å². The van der Waals surface area contributed by atoms with Crippen LogP contribution < -0.4 is 21.3 Å². The number of rotatable bonds is 5. The summed E-state index contributed by atoms with van der Waals surface area (Å²) in [4.78, 5) is 28.1. The molecule has 2 heterocycles. The van der Waals surface area contributed by atoms with E-state index in [0.29, 0.717) is 37.7 Å². The van der Waals surface area contributed by atoms with E-state index in [9.17, 15) is 9.59 Å². The molecule has 1 aliphatic rings. The number of hydrogen-bond donors (Lipinski definition) is 4. The van der Waals surface area contributed by atoms with Crippen LogP contribution in [-0.2, 0) is 16.1 Å². The Kier molecular flexibility index (Phi) is 6.13. The maximum atomic E-state index is 12.2. The van der Waals surface area contributed by atoms with E-state index in [-0.39, 0.29) is 18.0 Å². The third-order valence-electron chi connectivity index (χ3n) is 3.83. The summed E-state index contributed by atoms with van der Waals surface area (Å²) in [5, 5.41) is 11.4.